The fraction of sp³-hybridized carbons (Fsp3) is 0.273. The summed E-state index contributed by atoms with van der Waals surface area (Å²) in [4.78, 5) is 23.2. The van der Waals surface area contributed by atoms with Crippen molar-refractivity contribution >= 4 is 27.9 Å². The molecule has 0 aliphatic heterocycles. The van der Waals surface area contributed by atoms with Crippen molar-refractivity contribution in [1.82, 2.24) is 0 Å². The first-order valence-electron chi connectivity index (χ1n) is 4.60. The van der Waals surface area contributed by atoms with Crippen molar-refractivity contribution in [2.24, 2.45) is 0 Å². The minimum atomic E-state index is -0.663. The van der Waals surface area contributed by atoms with Gasteiger partial charge in [-0.2, -0.15) is 0 Å². The molecule has 17 heavy (non-hydrogen) atoms. The predicted octanol–water partition coefficient (Wildman–Crippen LogP) is 2.03. The Bertz CT molecular complexity index is 455. The van der Waals surface area contributed by atoms with Gasteiger partial charge in [0, 0.05) is 0 Å². The number of halogens is 1. The number of ether oxygens (including phenoxy) is 3. The zero-order valence-electron chi connectivity index (χ0n) is 9.57. The lowest BCUT2D eigenvalue weighted by molar-refractivity contribution is 0.0552. The summed E-state index contributed by atoms with van der Waals surface area (Å²) in [5.41, 5.74) is 0.135. The smallest absolute Gasteiger partial charge is 0.342 e. The highest BCUT2D eigenvalue weighted by atomic mass is 79.9. The van der Waals surface area contributed by atoms with Gasteiger partial charge in [0.05, 0.1) is 31.4 Å². The molecule has 1 aromatic rings. The van der Waals surface area contributed by atoms with Gasteiger partial charge in [-0.3, -0.25) is 0 Å². The van der Waals surface area contributed by atoms with E-state index in [1.54, 1.807) is 6.07 Å². The van der Waals surface area contributed by atoms with Crippen LogP contribution in [0.25, 0.3) is 0 Å². The van der Waals surface area contributed by atoms with Crippen LogP contribution in [0, 0.1) is 0 Å². The Morgan fingerprint density at radius 1 is 1.06 bits per heavy atom. The number of esters is 2. The van der Waals surface area contributed by atoms with E-state index in [0.29, 0.717) is 4.47 Å². The number of carbonyl (C=O) groups excluding carboxylic acids is 2. The van der Waals surface area contributed by atoms with Crippen molar-refractivity contribution < 1.29 is 23.8 Å². The zero-order chi connectivity index (χ0) is 13.0. The molecule has 0 spiro atoms. The fourth-order valence-electron chi connectivity index (χ4n) is 1.34. The summed E-state index contributed by atoms with van der Waals surface area (Å²) in [5.74, 6) is -1.06. The largest absolute Gasteiger partial charge is 0.495 e. The number of benzene rings is 1. The summed E-state index contributed by atoms with van der Waals surface area (Å²) in [6, 6.07) is 3.06. The second-order valence-corrected chi connectivity index (χ2v) is 3.84. The van der Waals surface area contributed by atoms with Crippen LogP contribution < -0.4 is 4.74 Å². The molecule has 92 valence electrons. The molecule has 0 unspecified atom stereocenters. The molecule has 0 aliphatic rings. The molecular weight excluding hydrogens is 292 g/mol. The van der Waals surface area contributed by atoms with E-state index in [9.17, 15) is 9.59 Å². The predicted molar refractivity (Wildman–Crippen MR) is 63.4 cm³/mol. The monoisotopic (exact) mass is 302 g/mol. The number of methoxy groups -OCH3 is 3. The van der Waals surface area contributed by atoms with Crippen LogP contribution in [-0.4, -0.2) is 33.3 Å². The fourth-order valence-corrected chi connectivity index (χ4v) is 1.83. The molecule has 6 heteroatoms. The Morgan fingerprint density at radius 3 is 2.12 bits per heavy atom. The van der Waals surface area contributed by atoms with Crippen LogP contribution in [0.4, 0.5) is 0 Å². The molecule has 0 saturated heterocycles. The second-order valence-electron chi connectivity index (χ2n) is 2.99. The molecule has 0 saturated carbocycles. The number of hydrogen-bond acceptors (Lipinski definition) is 5. The first kappa shape index (κ1) is 13.5. The Balaban J connectivity index is 3.50. The Labute approximate surface area is 107 Å². The topological polar surface area (TPSA) is 61.8 Å². The first-order chi connectivity index (χ1) is 8.06. The zero-order valence-corrected chi connectivity index (χ0v) is 11.2. The third-order valence-electron chi connectivity index (χ3n) is 2.11. The van der Waals surface area contributed by atoms with Gasteiger partial charge in [0.25, 0.3) is 0 Å². The quantitative estimate of drug-likeness (QED) is 0.800. The van der Waals surface area contributed by atoms with Crippen LogP contribution in [-0.2, 0) is 9.47 Å². The minimum Gasteiger partial charge on any atom is -0.495 e. The Morgan fingerprint density at radius 2 is 1.65 bits per heavy atom. The lowest BCUT2D eigenvalue weighted by Crippen LogP contribution is -2.13. The molecule has 0 N–H and O–H groups in total. The standard InChI is InChI=1S/C11H11BrO5/c1-15-9-7(12)5-4-6(10(13)16-2)8(9)11(14)17-3/h4-5H,1-3H3. The highest BCUT2D eigenvalue weighted by molar-refractivity contribution is 9.10. The lowest BCUT2D eigenvalue weighted by atomic mass is 10.1. The summed E-state index contributed by atoms with van der Waals surface area (Å²) < 4.78 is 14.8. The molecule has 0 radical (unpaired) electrons. The van der Waals surface area contributed by atoms with E-state index in [4.69, 9.17) is 4.74 Å². The van der Waals surface area contributed by atoms with Crippen LogP contribution in [0.15, 0.2) is 16.6 Å². The van der Waals surface area contributed by atoms with Gasteiger partial charge in [0.15, 0.2) is 0 Å². The van der Waals surface area contributed by atoms with E-state index in [0.717, 1.165) is 0 Å². The van der Waals surface area contributed by atoms with Crippen LogP contribution >= 0.6 is 15.9 Å². The molecular formula is C11H11BrO5. The summed E-state index contributed by atoms with van der Waals surface area (Å²) in [7, 11) is 3.86. The average Bonchev–Trinajstić information content (AvgIpc) is 2.36. The second kappa shape index (κ2) is 5.67. The molecule has 0 fully saturated rings. The summed E-state index contributed by atoms with van der Waals surface area (Å²) >= 11 is 3.23. The lowest BCUT2D eigenvalue weighted by Gasteiger charge is -2.12. The molecule has 0 atom stereocenters. The van der Waals surface area contributed by atoms with Crippen LogP contribution in [0.2, 0.25) is 0 Å². The SMILES string of the molecule is COC(=O)c1ccc(Br)c(OC)c1C(=O)OC. The molecule has 0 aromatic heterocycles. The van der Waals surface area contributed by atoms with Crippen molar-refractivity contribution in [3.63, 3.8) is 0 Å². The van der Waals surface area contributed by atoms with Crippen molar-refractivity contribution in [3.05, 3.63) is 27.7 Å². The minimum absolute atomic E-state index is 0.0382. The van der Waals surface area contributed by atoms with Gasteiger partial charge in [0.2, 0.25) is 0 Å². The van der Waals surface area contributed by atoms with Crippen molar-refractivity contribution in [2.45, 2.75) is 0 Å². The molecule has 0 amide bonds. The van der Waals surface area contributed by atoms with Crippen molar-refractivity contribution in [3.8, 4) is 5.75 Å². The molecule has 0 aliphatic carbocycles. The van der Waals surface area contributed by atoms with E-state index >= 15 is 0 Å². The Hall–Kier alpha value is -1.56. The molecule has 0 bridgehead atoms. The Kier molecular flexibility index (Phi) is 4.51. The maximum atomic E-state index is 11.7. The summed E-state index contributed by atoms with van der Waals surface area (Å²) in [6.07, 6.45) is 0. The van der Waals surface area contributed by atoms with Gasteiger partial charge in [-0.05, 0) is 28.1 Å². The number of hydrogen-bond donors (Lipinski definition) is 0. The maximum Gasteiger partial charge on any atom is 0.342 e. The third kappa shape index (κ3) is 2.58. The third-order valence-corrected chi connectivity index (χ3v) is 2.73. The van der Waals surface area contributed by atoms with E-state index < -0.39 is 11.9 Å². The van der Waals surface area contributed by atoms with Gasteiger partial charge in [-0.25, -0.2) is 9.59 Å². The van der Waals surface area contributed by atoms with E-state index in [2.05, 4.69) is 25.4 Å². The van der Waals surface area contributed by atoms with Gasteiger partial charge in [-0.1, -0.05) is 0 Å². The van der Waals surface area contributed by atoms with Gasteiger partial charge in [0.1, 0.15) is 11.3 Å². The van der Waals surface area contributed by atoms with E-state index in [-0.39, 0.29) is 16.9 Å². The highest BCUT2D eigenvalue weighted by Gasteiger charge is 2.24. The number of carbonyl (C=O) groups is 2. The molecule has 5 nitrogen and oxygen atoms in total. The van der Waals surface area contributed by atoms with Gasteiger partial charge < -0.3 is 14.2 Å². The molecule has 1 rings (SSSR count). The van der Waals surface area contributed by atoms with Crippen LogP contribution in [0.3, 0.4) is 0 Å². The van der Waals surface area contributed by atoms with Crippen LogP contribution in [0.5, 0.6) is 5.75 Å². The molecule has 1 aromatic carbocycles. The van der Waals surface area contributed by atoms with Crippen LogP contribution in [0.1, 0.15) is 20.7 Å². The highest BCUT2D eigenvalue weighted by Crippen LogP contribution is 2.32. The van der Waals surface area contributed by atoms with Gasteiger partial charge in [-0.15, -0.1) is 0 Å². The average molecular weight is 303 g/mol. The summed E-state index contributed by atoms with van der Waals surface area (Å²) in [6.45, 7) is 0. The van der Waals surface area contributed by atoms with E-state index in [1.165, 1.54) is 27.4 Å². The van der Waals surface area contributed by atoms with E-state index in [1.807, 2.05) is 0 Å². The van der Waals surface area contributed by atoms with Gasteiger partial charge >= 0.3 is 11.9 Å². The molecule has 0 heterocycles. The van der Waals surface area contributed by atoms with Crippen molar-refractivity contribution in [2.75, 3.05) is 21.3 Å². The summed E-state index contributed by atoms with van der Waals surface area (Å²) in [5, 5.41) is 0. The van der Waals surface area contributed by atoms with Crippen molar-refractivity contribution in [1.29, 1.82) is 0 Å². The maximum absolute atomic E-state index is 11.7. The first-order valence-corrected chi connectivity index (χ1v) is 5.39. The normalized spacial score (nSPS) is 9.65. The number of rotatable bonds is 3.